The largest absolute Gasteiger partial charge is 0.472 e. The van der Waals surface area contributed by atoms with Crippen LogP contribution in [0.15, 0.2) is 35.2 Å². The van der Waals surface area contributed by atoms with Crippen molar-refractivity contribution in [3.05, 3.63) is 36.3 Å². The number of carbonyl (C=O) groups is 5. The number of Topliss-reactive ketones (excluding diaryl/α,β-unsaturated/α-hetero) is 1. The zero-order valence-electron chi connectivity index (χ0n) is 28.2. The van der Waals surface area contributed by atoms with Gasteiger partial charge in [-0.05, 0) is 29.5 Å². The molecule has 1 aromatic rings. The lowest BCUT2D eigenvalue weighted by atomic mass is 9.44. The topological polar surface area (TPSA) is 148 Å². The van der Waals surface area contributed by atoms with E-state index in [1.165, 1.54) is 21.0 Å². The molecule has 1 spiro atoms. The molecule has 5 rings (SSSR count). The highest BCUT2D eigenvalue weighted by atomic mass is 16.6. The van der Waals surface area contributed by atoms with Crippen LogP contribution in [-0.4, -0.2) is 66.8 Å². The fourth-order valence-corrected chi connectivity index (χ4v) is 9.40. The molecule has 0 amide bonds. The first-order valence-corrected chi connectivity index (χ1v) is 15.9. The van der Waals surface area contributed by atoms with Crippen LogP contribution in [0.25, 0.3) is 0 Å². The molecule has 1 aromatic heterocycles. The number of epoxide rings is 1. The van der Waals surface area contributed by atoms with Gasteiger partial charge < -0.3 is 28.1 Å². The van der Waals surface area contributed by atoms with E-state index in [0.29, 0.717) is 12.0 Å². The molecule has 0 radical (unpaired) electrons. The normalized spacial score (nSPS) is 39.2. The standard InChI is InChI=1S/C35H46O11/c1-17(2)31(40)45-30-29(44-20(5)37)28(18(3)35-26(46-35)13-22(34(30,35)9)21-11-12-42-16-21)33(8)23(14-27(39)41-10)32(6,7)24(38)15-25(33)43-19(4)36/h11-12,16-17,22-23,25-26,28-30H,3,13-15H2,1-2,4-10H3/t22-,23-,25+,26+,28+,29+,30-,33+,34+,35+/m1/s1. The molecule has 4 aliphatic rings. The van der Waals surface area contributed by atoms with Crippen molar-refractivity contribution < 1.29 is 52.1 Å². The van der Waals surface area contributed by atoms with Crippen molar-refractivity contribution in [1.29, 1.82) is 0 Å². The van der Waals surface area contributed by atoms with Crippen LogP contribution in [0.1, 0.15) is 86.1 Å². The Morgan fingerprint density at radius 2 is 1.70 bits per heavy atom. The lowest BCUT2D eigenvalue weighted by Gasteiger charge is -2.62. The highest BCUT2D eigenvalue weighted by Crippen LogP contribution is 2.77. The predicted octanol–water partition coefficient (Wildman–Crippen LogP) is 4.71. The van der Waals surface area contributed by atoms with Crippen LogP contribution in [0, 0.1) is 34.0 Å². The maximum Gasteiger partial charge on any atom is 0.308 e. The van der Waals surface area contributed by atoms with Gasteiger partial charge in [-0.25, -0.2) is 0 Å². The van der Waals surface area contributed by atoms with Crippen LogP contribution in [-0.2, 0) is 47.7 Å². The second kappa shape index (κ2) is 11.3. The third-order valence-corrected chi connectivity index (χ3v) is 11.7. The zero-order chi connectivity index (χ0) is 34.1. The van der Waals surface area contributed by atoms with Gasteiger partial charge in [0.1, 0.15) is 29.7 Å². The summed E-state index contributed by atoms with van der Waals surface area (Å²) in [5, 5.41) is 0. The number of ketones is 1. The summed E-state index contributed by atoms with van der Waals surface area (Å²) in [5.41, 5.74) is -2.88. The summed E-state index contributed by atoms with van der Waals surface area (Å²) >= 11 is 0. The first kappa shape index (κ1) is 33.9. The molecule has 11 nitrogen and oxygen atoms in total. The molecule has 252 valence electrons. The fourth-order valence-electron chi connectivity index (χ4n) is 9.40. The quantitative estimate of drug-likeness (QED) is 0.168. The third kappa shape index (κ3) is 4.75. The van der Waals surface area contributed by atoms with Crippen LogP contribution < -0.4 is 0 Å². The average Bonchev–Trinajstić information content (AvgIpc) is 3.31. The van der Waals surface area contributed by atoms with Crippen LogP contribution in [0.5, 0.6) is 0 Å². The van der Waals surface area contributed by atoms with Crippen molar-refractivity contribution in [3.63, 3.8) is 0 Å². The van der Waals surface area contributed by atoms with E-state index >= 15 is 0 Å². The minimum atomic E-state index is -1.25. The molecule has 4 fully saturated rings. The Morgan fingerprint density at radius 1 is 1.04 bits per heavy atom. The average molecular weight is 643 g/mol. The molecular formula is C35H46O11. The maximum absolute atomic E-state index is 13.7. The van der Waals surface area contributed by atoms with Gasteiger partial charge in [0.25, 0.3) is 0 Å². The van der Waals surface area contributed by atoms with Crippen LogP contribution in [0.2, 0.25) is 0 Å². The van der Waals surface area contributed by atoms with E-state index in [-0.39, 0.29) is 30.6 Å². The van der Waals surface area contributed by atoms with Gasteiger partial charge in [-0.1, -0.05) is 48.1 Å². The van der Waals surface area contributed by atoms with Gasteiger partial charge in [-0.3, -0.25) is 24.0 Å². The minimum Gasteiger partial charge on any atom is -0.472 e. The van der Waals surface area contributed by atoms with Gasteiger partial charge in [0.05, 0.1) is 37.1 Å². The molecule has 1 saturated heterocycles. The van der Waals surface area contributed by atoms with Gasteiger partial charge in [0.2, 0.25) is 0 Å². The summed E-state index contributed by atoms with van der Waals surface area (Å²) in [6.45, 7) is 17.9. The molecule has 46 heavy (non-hydrogen) atoms. The van der Waals surface area contributed by atoms with E-state index in [1.54, 1.807) is 40.2 Å². The maximum atomic E-state index is 13.7. The number of hydrogen-bond donors (Lipinski definition) is 0. The number of methoxy groups -OCH3 is 1. The Kier molecular flexibility index (Phi) is 8.36. The zero-order valence-corrected chi connectivity index (χ0v) is 28.2. The van der Waals surface area contributed by atoms with E-state index in [9.17, 15) is 24.0 Å². The van der Waals surface area contributed by atoms with E-state index in [4.69, 9.17) is 28.1 Å². The number of rotatable bonds is 8. The Bertz CT molecular complexity index is 1440. The Hall–Kier alpha value is -3.47. The van der Waals surface area contributed by atoms with Gasteiger partial charge >= 0.3 is 23.9 Å². The van der Waals surface area contributed by atoms with Crippen molar-refractivity contribution >= 4 is 29.7 Å². The van der Waals surface area contributed by atoms with Crippen molar-refractivity contribution in [2.45, 2.75) is 111 Å². The second-order valence-corrected chi connectivity index (χ2v) is 14.7. The lowest BCUT2D eigenvalue weighted by molar-refractivity contribution is -0.228. The van der Waals surface area contributed by atoms with E-state index < -0.39 is 81.8 Å². The van der Waals surface area contributed by atoms with Crippen molar-refractivity contribution in [2.75, 3.05) is 7.11 Å². The number of furan rings is 1. The molecule has 3 aliphatic carbocycles. The summed E-state index contributed by atoms with van der Waals surface area (Å²) < 4.78 is 35.7. The van der Waals surface area contributed by atoms with E-state index in [1.807, 2.05) is 19.9 Å². The smallest absolute Gasteiger partial charge is 0.308 e. The van der Waals surface area contributed by atoms with E-state index in [2.05, 4.69) is 6.58 Å². The van der Waals surface area contributed by atoms with Crippen molar-refractivity contribution in [3.8, 4) is 0 Å². The van der Waals surface area contributed by atoms with Gasteiger partial charge in [0.15, 0.2) is 0 Å². The molecule has 0 bridgehead atoms. The number of carbonyl (C=O) groups excluding carboxylic acids is 5. The molecule has 11 heteroatoms. The molecule has 0 aromatic carbocycles. The fraction of sp³-hybridized carbons (Fsp3) is 0.686. The molecule has 0 unspecified atom stereocenters. The summed E-state index contributed by atoms with van der Waals surface area (Å²) in [6, 6.07) is 1.87. The monoisotopic (exact) mass is 642 g/mol. The van der Waals surface area contributed by atoms with Gasteiger partial charge in [-0.15, -0.1) is 0 Å². The second-order valence-electron chi connectivity index (χ2n) is 14.7. The van der Waals surface area contributed by atoms with Gasteiger partial charge in [-0.2, -0.15) is 0 Å². The molecule has 2 heterocycles. The number of hydrogen-bond acceptors (Lipinski definition) is 11. The first-order valence-electron chi connectivity index (χ1n) is 15.9. The summed E-state index contributed by atoms with van der Waals surface area (Å²) in [7, 11) is 1.27. The Labute approximate surface area is 269 Å². The van der Waals surface area contributed by atoms with Crippen LogP contribution >= 0.6 is 0 Å². The highest BCUT2D eigenvalue weighted by molar-refractivity contribution is 5.87. The summed E-state index contributed by atoms with van der Waals surface area (Å²) in [4.78, 5) is 65.9. The molecule has 0 N–H and O–H groups in total. The van der Waals surface area contributed by atoms with Crippen molar-refractivity contribution in [1.82, 2.24) is 0 Å². The summed E-state index contributed by atoms with van der Waals surface area (Å²) in [6.07, 6.45) is -0.0723. The minimum absolute atomic E-state index is 0.139. The highest BCUT2D eigenvalue weighted by Gasteiger charge is 2.85. The van der Waals surface area contributed by atoms with Crippen LogP contribution in [0.4, 0.5) is 0 Å². The van der Waals surface area contributed by atoms with E-state index in [0.717, 1.165) is 5.56 Å². The van der Waals surface area contributed by atoms with Crippen LogP contribution in [0.3, 0.4) is 0 Å². The first-order chi connectivity index (χ1) is 21.4. The number of esters is 4. The predicted molar refractivity (Wildman–Crippen MR) is 162 cm³/mol. The van der Waals surface area contributed by atoms with Crippen molar-refractivity contribution in [2.24, 2.45) is 34.0 Å². The summed E-state index contributed by atoms with van der Waals surface area (Å²) in [5.74, 6) is -4.86. The molecular weight excluding hydrogens is 596 g/mol. The van der Waals surface area contributed by atoms with Gasteiger partial charge in [0, 0.05) is 49.4 Å². The Balaban J connectivity index is 1.79. The molecule has 3 saturated carbocycles. The molecule has 1 aliphatic heterocycles. The Morgan fingerprint density at radius 3 is 2.24 bits per heavy atom. The lowest BCUT2D eigenvalue weighted by Crippen LogP contribution is -2.70. The third-order valence-electron chi connectivity index (χ3n) is 11.7. The SMILES string of the molecule is C=C1[C@H]([C@]2(C)[C@@H](OC(C)=O)CC(=O)C(C)(C)[C@H]2CC(=O)OC)[C@H](OC(C)=O)[C@@H](OC(=O)C(C)C)[C@]2(C)[C@@H](c3ccoc3)C[C@@H]3O[C@@]132. The molecule has 10 atom stereocenters. The number of ether oxygens (including phenoxy) is 5.